The Labute approximate surface area is 166 Å². The van der Waals surface area contributed by atoms with E-state index in [1.807, 2.05) is 24.3 Å². The summed E-state index contributed by atoms with van der Waals surface area (Å²) in [6.45, 7) is 4.26. The number of ketones is 1. The van der Waals surface area contributed by atoms with E-state index in [4.69, 9.17) is 0 Å². The lowest BCUT2D eigenvalue weighted by Crippen LogP contribution is -2.33. The molecule has 0 radical (unpaired) electrons. The van der Waals surface area contributed by atoms with Gasteiger partial charge >= 0.3 is 0 Å². The molecule has 28 heavy (non-hydrogen) atoms. The van der Waals surface area contributed by atoms with Crippen molar-refractivity contribution in [2.75, 3.05) is 5.32 Å². The molecule has 1 aliphatic heterocycles. The molecule has 3 aromatic rings. The highest BCUT2D eigenvalue weighted by atomic mass is 32.1. The third-order valence-corrected chi connectivity index (χ3v) is 6.54. The second-order valence-corrected chi connectivity index (χ2v) is 9.27. The van der Waals surface area contributed by atoms with Gasteiger partial charge in [-0.3, -0.25) is 14.8 Å². The first-order valence-electron chi connectivity index (χ1n) is 9.23. The summed E-state index contributed by atoms with van der Waals surface area (Å²) in [4.78, 5) is 23.9. The van der Waals surface area contributed by atoms with E-state index in [9.17, 15) is 10.1 Å². The van der Waals surface area contributed by atoms with Crippen molar-refractivity contribution in [2.45, 2.75) is 32.6 Å². The number of aromatic nitrogens is 2. The highest BCUT2D eigenvalue weighted by Crippen LogP contribution is 2.51. The van der Waals surface area contributed by atoms with Crippen LogP contribution in [0.3, 0.4) is 0 Å². The van der Waals surface area contributed by atoms with Crippen molar-refractivity contribution in [2.24, 2.45) is 5.41 Å². The highest BCUT2D eigenvalue weighted by Gasteiger charge is 2.42. The standard InChI is InChI=1S/C22H18N4OS/c1-22(2)9-15-18(16(27)10-22)20(17-6-3-12(11-23)28-17)19-13(26-15)4-5-14-21(19)25-8-7-24-14/h3-8,20,26H,9-10H2,1-2H3. The molecule has 1 aliphatic carbocycles. The van der Waals surface area contributed by atoms with Crippen molar-refractivity contribution in [1.82, 2.24) is 9.97 Å². The van der Waals surface area contributed by atoms with Crippen molar-refractivity contribution in [3.63, 3.8) is 0 Å². The summed E-state index contributed by atoms with van der Waals surface area (Å²) in [6.07, 6.45) is 4.70. The molecule has 0 fully saturated rings. The van der Waals surface area contributed by atoms with E-state index in [1.165, 1.54) is 11.3 Å². The summed E-state index contributed by atoms with van der Waals surface area (Å²) in [5, 5.41) is 12.8. The van der Waals surface area contributed by atoms with Gasteiger partial charge in [-0.2, -0.15) is 5.26 Å². The Morgan fingerprint density at radius 2 is 2.00 bits per heavy atom. The highest BCUT2D eigenvalue weighted by molar-refractivity contribution is 7.12. The number of hydrogen-bond acceptors (Lipinski definition) is 6. The minimum atomic E-state index is -0.220. The summed E-state index contributed by atoms with van der Waals surface area (Å²) in [5.41, 5.74) is 5.28. The van der Waals surface area contributed by atoms with Crippen LogP contribution in [0, 0.1) is 16.7 Å². The Kier molecular flexibility index (Phi) is 3.65. The molecular weight excluding hydrogens is 368 g/mol. The third kappa shape index (κ3) is 2.54. The van der Waals surface area contributed by atoms with Gasteiger partial charge in [-0.1, -0.05) is 13.8 Å². The number of benzene rings is 1. The Bertz CT molecular complexity index is 1210. The average Bonchev–Trinajstić information content (AvgIpc) is 3.14. The van der Waals surface area contributed by atoms with E-state index in [0.29, 0.717) is 11.3 Å². The zero-order valence-corrected chi connectivity index (χ0v) is 16.4. The molecule has 6 heteroatoms. The van der Waals surface area contributed by atoms with Crippen molar-refractivity contribution in [3.05, 3.63) is 63.2 Å². The van der Waals surface area contributed by atoms with E-state index >= 15 is 0 Å². The zero-order valence-electron chi connectivity index (χ0n) is 15.6. The van der Waals surface area contributed by atoms with Gasteiger partial charge in [0.15, 0.2) is 5.78 Å². The van der Waals surface area contributed by atoms with Crippen molar-refractivity contribution >= 4 is 33.8 Å². The van der Waals surface area contributed by atoms with Gasteiger partial charge in [0.2, 0.25) is 0 Å². The molecule has 2 aromatic heterocycles. The lowest BCUT2D eigenvalue weighted by Gasteiger charge is -2.39. The van der Waals surface area contributed by atoms with E-state index in [2.05, 4.69) is 35.2 Å². The Morgan fingerprint density at radius 3 is 2.79 bits per heavy atom. The molecule has 5 nitrogen and oxygen atoms in total. The van der Waals surface area contributed by atoms with Crippen LogP contribution in [0.4, 0.5) is 5.69 Å². The van der Waals surface area contributed by atoms with E-state index in [-0.39, 0.29) is 17.1 Å². The molecule has 138 valence electrons. The number of allylic oxidation sites excluding steroid dienone is 2. The SMILES string of the molecule is CC1(C)CC(=O)C2=C(C1)Nc1ccc3nccnc3c1C2c1ccc(C#N)s1. The Balaban J connectivity index is 1.81. The molecule has 3 heterocycles. The van der Waals surface area contributed by atoms with Gasteiger partial charge in [0.25, 0.3) is 0 Å². The lowest BCUT2D eigenvalue weighted by atomic mass is 9.70. The van der Waals surface area contributed by atoms with Crippen LogP contribution in [-0.2, 0) is 4.79 Å². The van der Waals surface area contributed by atoms with Crippen molar-refractivity contribution < 1.29 is 4.79 Å². The fraction of sp³-hybridized carbons (Fsp3) is 0.273. The van der Waals surface area contributed by atoms with Gasteiger partial charge in [-0.05, 0) is 36.1 Å². The van der Waals surface area contributed by atoms with E-state index < -0.39 is 0 Å². The number of fused-ring (bicyclic) bond motifs is 3. The van der Waals surface area contributed by atoms with Crippen LogP contribution >= 0.6 is 11.3 Å². The fourth-order valence-electron chi connectivity index (χ4n) is 4.40. The largest absolute Gasteiger partial charge is 0.358 e. The molecule has 5 rings (SSSR count). The molecule has 1 aromatic carbocycles. The number of nitriles is 1. The second kappa shape index (κ2) is 5.98. The van der Waals surface area contributed by atoms with Crippen LogP contribution in [0.1, 0.15) is 47.9 Å². The number of hydrogen-bond donors (Lipinski definition) is 1. The summed E-state index contributed by atoms with van der Waals surface area (Å²) < 4.78 is 0. The number of thiophene rings is 1. The van der Waals surface area contributed by atoms with Gasteiger partial charge in [0.05, 0.1) is 17.0 Å². The number of carbonyl (C=O) groups is 1. The molecule has 2 aliphatic rings. The van der Waals surface area contributed by atoms with Crippen LogP contribution in [0.2, 0.25) is 0 Å². The first kappa shape index (κ1) is 17.1. The van der Waals surface area contributed by atoms with Crippen molar-refractivity contribution in [3.8, 4) is 6.07 Å². The maximum Gasteiger partial charge on any atom is 0.162 e. The molecule has 0 bridgehead atoms. The maximum absolute atomic E-state index is 13.3. The molecule has 0 spiro atoms. The Hall–Kier alpha value is -3.04. The molecule has 1 atom stereocenters. The first-order chi connectivity index (χ1) is 13.5. The van der Waals surface area contributed by atoms with Crippen LogP contribution in [0.5, 0.6) is 0 Å². The summed E-state index contributed by atoms with van der Waals surface area (Å²) in [6, 6.07) is 10.00. The molecule has 0 amide bonds. The number of anilines is 1. The van der Waals surface area contributed by atoms with Crippen molar-refractivity contribution in [1.29, 1.82) is 5.26 Å². The van der Waals surface area contributed by atoms with Crippen LogP contribution < -0.4 is 5.32 Å². The Morgan fingerprint density at radius 1 is 1.18 bits per heavy atom. The monoisotopic (exact) mass is 386 g/mol. The fourth-order valence-corrected chi connectivity index (χ4v) is 5.33. The van der Waals surface area contributed by atoms with Crippen LogP contribution in [-0.4, -0.2) is 15.8 Å². The number of nitrogens with zero attached hydrogens (tertiary/aromatic N) is 3. The summed E-state index contributed by atoms with van der Waals surface area (Å²) >= 11 is 1.45. The minimum absolute atomic E-state index is 0.0745. The van der Waals surface area contributed by atoms with E-state index in [1.54, 1.807) is 12.4 Å². The quantitative estimate of drug-likeness (QED) is 0.652. The van der Waals surface area contributed by atoms with Crippen LogP contribution in [0.15, 0.2) is 47.9 Å². The topological polar surface area (TPSA) is 78.7 Å². The smallest absolute Gasteiger partial charge is 0.162 e. The number of rotatable bonds is 1. The predicted octanol–water partition coefficient (Wildman–Crippen LogP) is 4.76. The van der Waals surface area contributed by atoms with Gasteiger partial charge in [-0.15, -0.1) is 11.3 Å². The molecule has 1 unspecified atom stereocenters. The van der Waals surface area contributed by atoms with Gasteiger partial charge in [0, 0.05) is 46.2 Å². The normalized spacial score (nSPS) is 20.3. The summed E-state index contributed by atoms with van der Waals surface area (Å²) in [5.74, 6) is -0.0513. The first-order valence-corrected chi connectivity index (χ1v) is 10.1. The van der Waals surface area contributed by atoms with Gasteiger partial charge < -0.3 is 5.32 Å². The van der Waals surface area contributed by atoms with Gasteiger partial charge in [-0.25, -0.2) is 0 Å². The maximum atomic E-state index is 13.3. The molecule has 0 saturated heterocycles. The average molecular weight is 386 g/mol. The zero-order chi connectivity index (χ0) is 19.5. The van der Waals surface area contributed by atoms with Gasteiger partial charge in [0.1, 0.15) is 10.9 Å². The number of nitrogens with one attached hydrogen (secondary N) is 1. The van der Waals surface area contributed by atoms with Crippen LogP contribution in [0.25, 0.3) is 11.0 Å². The number of carbonyl (C=O) groups excluding carboxylic acids is 1. The lowest BCUT2D eigenvalue weighted by molar-refractivity contribution is -0.118. The predicted molar refractivity (Wildman–Crippen MR) is 109 cm³/mol. The molecular formula is C22H18N4OS. The third-order valence-electron chi connectivity index (χ3n) is 5.48. The number of Topliss-reactive ketones (excluding diaryl/α,β-unsaturated/α-hetero) is 1. The van der Waals surface area contributed by atoms with E-state index in [0.717, 1.165) is 44.9 Å². The molecule has 1 N–H and O–H groups in total. The second-order valence-electron chi connectivity index (χ2n) is 8.16. The minimum Gasteiger partial charge on any atom is -0.358 e. The summed E-state index contributed by atoms with van der Waals surface area (Å²) in [7, 11) is 0. The molecule has 0 saturated carbocycles.